The van der Waals surface area contributed by atoms with E-state index in [0.29, 0.717) is 11.7 Å². The minimum Gasteiger partial charge on any atom is -0.380 e. The molecule has 0 amide bonds. The third-order valence-electron chi connectivity index (χ3n) is 2.07. The lowest BCUT2D eigenvalue weighted by Gasteiger charge is -2.03. The Balaban J connectivity index is 1.96. The van der Waals surface area contributed by atoms with Crippen molar-refractivity contribution in [2.45, 2.75) is 6.54 Å². The second kappa shape index (κ2) is 4.81. The standard InChI is InChI=1S/C11H11ClN4/c1-2-16-8-9(6-15-16)5-13-10-3-4-11(12)14-7-10/h2-4,6-8,13H,1,5H2. The van der Waals surface area contributed by atoms with Crippen molar-refractivity contribution < 1.29 is 0 Å². The molecule has 2 aromatic rings. The highest BCUT2D eigenvalue weighted by Crippen LogP contribution is 2.11. The van der Waals surface area contributed by atoms with E-state index in [-0.39, 0.29) is 0 Å². The predicted molar refractivity (Wildman–Crippen MR) is 65.2 cm³/mol. The molecular formula is C11H11ClN4. The maximum atomic E-state index is 5.69. The fourth-order valence-corrected chi connectivity index (χ4v) is 1.36. The summed E-state index contributed by atoms with van der Waals surface area (Å²) in [5, 5.41) is 7.79. The lowest BCUT2D eigenvalue weighted by atomic mass is 10.3. The van der Waals surface area contributed by atoms with E-state index in [1.165, 1.54) is 0 Å². The molecule has 0 aliphatic rings. The van der Waals surface area contributed by atoms with E-state index in [4.69, 9.17) is 11.6 Å². The fraction of sp³-hybridized carbons (Fsp3) is 0.0909. The van der Waals surface area contributed by atoms with Crippen LogP contribution < -0.4 is 5.32 Å². The Morgan fingerprint density at radius 3 is 2.94 bits per heavy atom. The van der Waals surface area contributed by atoms with Crippen molar-refractivity contribution in [2.75, 3.05) is 5.32 Å². The average molecular weight is 235 g/mol. The van der Waals surface area contributed by atoms with E-state index in [0.717, 1.165) is 11.3 Å². The fourth-order valence-electron chi connectivity index (χ4n) is 1.25. The summed E-state index contributed by atoms with van der Waals surface area (Å²) in [5.41, 5.74) is 2.01. The molecule has 4 nitrogen and oxygen atoms in total. The minimum absolute atomic E-state index is 0.491. The van der Waals surface area contributed by atoms with Crippen molar-refractivity contribution in [3.05, 3.63) is 48.0 Å². The summed E-state index contributed by atoms with van der Waals surface area (Å²) in [6, 6.07) is 3.63. The summed E-state index contributed by atoms with van der Waals surface area (Å²) >= 11 is 5.69. The normalized spacial score (nSPS) is 10.1. The molecule has 0 unspecified atom stereocenters. The maximum absolute atomic E-state index is 5.69. The highest BCUT2D eigenvalue weighted by molar-refractivity contribution is 6.29. The van der Waals surface area contributed by atoms with E-state index in [1.807, 2.05) is 12.3 Å². The van der Waals surface area contributed by atoms with Gasteiger partial charge in [-0.05, 0) is 12.1 Å². The largest absolute Gasteiger partial charge is 0.380 e. The number of anilines is 1. The maximum Gasteiger partial charge on any atom is 0.129 e. The van der Waals surface area contributed by atoms with Crippen molar-refractivity contribution in [3.63, 3.8) is 0 Å². The smallest absolute Gasteiger partial charge is 0.129 e. The molecule has 2 aromatic heterocycles. The number of hydrogen-bond donors (Lipinski definition) is 1. The first-order valence-corrected chi connectivity index (χ1v) is 5.17. The highest BCUT2D eigenvalue weighted by Gasteiger charge is 1.97. The molecular weight excluding hydrogens is 224 g/mol. The summed E-state index contributed by atoms with van der Waals surface area (Å²) in [6.45, 7) is 4.32. The molecule has 1 N–H and O–H groups in total. The monoisotopic (exact) mass is 234 g/mol. The van der Waals surface area contributed by atoms with Crippen LogP contribution in [-0.2, 0) is 6.54 Å². The summed E-state index contributed by atoms with van der Waals surface area (Å²) in [5.74, 6) is 0. The molecule has 0 fully saturated rings. The van der Waals surface area contributed by atoms with Gasteiger partial charge in [-0.2, -0.15) is 5.10 Å². The molecule has 16 heavy (non-hydrogen) atoms. The van der Waals surface area contributed by atoms with Crippen LogP contribution in [0.1, 0.15) is 5.56 Å². The zero-order valence-corrected chi connectivity index (χ0v) is 9.35. The third kappa shape index (κ3) is 2.61. The average Bonchev–Trinajstić information content (AvgIpc) is 2.76. The Morgan fingerprint density at radius 1 is 1.44 bits per heavy atom. The van der Waals surface area contributed by atoms with Gasteiger partial charge >= 0.3 is 0 Å². The minimum atomic E-state index is 0.491. The SMILES string of the molecule is C=Cn1cc(CNc2ccc(Cl)nc2)cn1. The molecule has 0 spiro atoms. The molecule has 0 saturated heterocycles. The number of aromatic nitrogens is 3. The zero-order valence-electron chi connectivity index (χ0n) is 8.60. The van der Waals surface area contributed by atoms with Crippen molar-refractivity contribution in [1.82, 2.24) is 14.8 Å². The van der Waals surface area contributed by atoms with Gasteiger partial charge in [0.15, 0.2) is 0 Å². The highest BCUT2D eigenvalue weighted by atomic mass is 35.5. The molecule has 5 heteroatoms. The van der Waals surface area contributed by atoms with Gasteiger partial charge < -0.3 is 5.32 Å². The van der Waals surface area contributed by atoms with E-state index < -0.39 is 0 Å². The Morgan fingerprint density at radius 2 is 2.31 bits per heavy atom. The molecule has 0 aromatic carbocycles. The number of rotatable bonds is 4. The van der Waals surface area contributed by atoms with Crippen molar-refractivity contribution >= 4 is 23.5 Å². The van der Waals surface area contributed by atoms with Crippen LogP contribution in [-0.4, -0.2) is 14.8 Å². The van der Waals surface area contributed by atoms with Crippen LogP contribution in [0.15, 0.2) is 37.3 Å². The van der Waals surface area contributed by atoms with Gasteiger partial charge in [0.1, 0.15) is 5.15 Å². The van der Waals surface area contributed by atoms with Gasteiger partial charge in [-0.1, -0.05) is 18.2 Å². The van der Waals surface area contributed by atoms with Gasteiger partial charge in [-0.3, -0.25) is 0 Å². The van der Waals surface area contributed by atoms with Crippen molar-refractivity contribution in [2.24, 2.45) is 0 Å². The second-order valence-electron chi connectivity index (χ2n) is 3.23. The first kappa shape index (κ1) is 10.7. The molecule has 2 rings (SSSR count). The number of hydrogen-bond acceptors (Lipinski definition) is 3. The van der Waals surface area contributed by atoms with Crippen LogP contribution in [0.3, 0.4) is 0 Å². The molecule has 2 heterocycles. The van der Waals surface area contributed by atoms with Gasteiger partial charge in [0.25, 0.3) is 0 Å². The van der Waals surface area contributed by atoms with Crippen molar-refractivity contribution in [3.8, 4) is 0 Å². The third-order valence-corrected chi connectivity index (χ3v) is 2.29. The van der Waals surface area contributed by atoms with Crippen LogP contribution in [0.5, 0.6) is 0 Å². The summed E-state index contributed by atoms with van der Waals surface area (Å²) in [4.78, 5) is 3.98. The Bertz CT molecular complexity index is 475. The summed E-state index contributed by atoms with van der Waals surface area (Å²) < 4.78 is 1.66. The van der Waals surface area contributed by atoms with Gasteiger partial charge in [-0.15, -0.1) is 0 Å². The van der Waals surface area contributed by atoms with Crippen LogP contribution in [0.2, 0.25) is 5.15 Å². The quantitative estimate of drug-likeness (QED) is 0.827. The predicted octanol–water partition coefficient (Wildman–Crippen LogP) is 2.64. The van der Waals surface area contributed by atoms with Crippen molar-refractivity contribution in [1.29, 1.82) is 0 Å². The molecule has 82 valence electrons. The van der Waals surface area contributed by atoms with E-state index in [1.54, 1.807) is 29.3 Å². The number of pyridine rings is 1. The lowest BCUT2D eigenvalue weighted by molar-refractivity contribution is 0.936. The Hall–Kier alpha value is -1.81. The van der Waals surface area contributed by atoms with E-state index in [2.05, 4.69) is 22.0 Å². The number of nitrogens with one attached hydrogen (secondary N) is 1. The Kier molecular flexibility index (Phi) is 3.22. The lowest BCUT2D eigenvalue weighted by Crippen LogP contribution is -1.98. The second-order valence-corrected chi connectivity index (χ2v) is 3.62. The molecule has 0 saturated carbocycles. The molecule has 0 aliphatic carbocycles. The van der Waals surface area contributed by atoms with Gasteiger partial charge in [0.05, 0.1) is 18.1 Å². The van der Waals surface area contributed by atoms with Crippen LogP contribution >= 0.6 is 11.6 Å². The topological polar surface area (TPSA) is 42.7 Å². The van der Waals surface area contributed by atoms with E-state index in [9.17, 15) is 0 Å². The number of halogens is 1. The summed E-state index contributed by atoms with van der Waals surface area (Å²) in [7, 11) is 0. The van der Waals surface area contributed by atoms with Gasteiger partial charge in [0.2, 0.25) is 0 Å². The molecule has 0 bridgehead atoms. The van der Waals surface area contributed by atoms with Crippen LogP contribution in [0.25, 0.3) is 6.20 Å². The number of nitrogens with zero attached hydrogens (tertiary/aromatic N) is 3. The summed E-state index contributed by atoms with van der Waals surface area (Å²) in [6.07, 6.45) is 7.04. The van der Waals surface area contributed by atoms with Gasteiger partial charge in [-0.25, -0.2) is 9.67 Å². The van der Waals surface area contributed by atoms with Crippen LogP contribution in [0, 0.1) is 0 Å². The molecule has 0 radical (unpaired) electrons. The zero-order chi connectivity index (χ0) is 11.4. The molecule has 0 aliphatic heterocycles. The van der Waals surface area contributed by atoms with Crippen LogP contribution in [0.4, 0.5) is 5.69 Å². The first-order chi connectivity index (χ1) is 7.78. The van der Waals surface area contributed by atoms with Gasteiger partial charge in [0, 0.05) is 24.5 Å². The van der Waals surface area contributed by atoms with E-state index >= 15 is 0 Å². The first-order valence-electron chi connectivity index (χ1n) is 4.79. The molecule has 0 atom stereocenters. The Labute approximate surface area is 98.6 Å².